The second-order valence-corrected chi connectivity index (χ2v) is 7.82. The van der Waals surface area contributed by atoms with Crippen LogP contribution in [0.2, 0.25) is 0 Å². The second-order valence-electron chi connectivity index (χ2n) is 7.82. The molecule has 3 heterocycles. The van der Waals surface area contributed by atoms with E-state index < -0.39 is 23.4 Å². The minimum Gasteiger partial charge on any atom is -0.309 e. The number of nitrogens with zero attached hydrogens (tertiary/aromatic N) is 3. The zero-order valence-electron chi connectivity index (χ0n) is 16.1. The number of hydrogen-bond donors (Lipinski definition) is 2. The van der Waals surface area contributed by atoms with Crippen LogP contribution in [-0.2, 0) is 4.79 Å². The van der Waals surface area contributed by atoms with Crippen molar-refractivity contribution in [2.45, 2.75) is 50.0 Å². The third-order valence-electron chi connectivity index (χ3n) is 5.73. The lowest BCUT2D eigenvalue weighted by Gasteiger charge is -2.40. The van der Waals surface area contributed by atoms with E-state index in [0.29, 0.717) is 11.7 Å². The Morgan fingerprint density at radius 2 is 2.10 bits per heavy atom. The number of pyridine rings is 1. The van der Waals surface area contributed by atoms with Gasteiger partial charge in [0, 0.05) is 31.8 Å². The van der Waals surface area contributed by atoms with Crippen molar-refractivity contribution in [2.24, 2.45) is 0 Å². The normalized spacial score (nSPS) is 22.8. The largest absolute Gasteiger partial charge is 0.309 e. The zero-order valence-corrected chi connectivity index (χ0v) is 16.1. The summed E-state index contributed by atoms with van der Waals surface area (Å²) < 4.78 is 29.0. The summed E-state index contributed by atoms with van der Waals surface area (Å²) in [4.78, 5) is 29.8. The molecule has 0 unspecified atom stereocenters. The van der Waals surface area contributed by atoms with Crippen molar-refractivity contribution in [2.75, 3.05) is 18.4 Å². The van der Waals surface area contributed by atoms with E-state index in [4.69, 9.17) is 0 Å². The van der Waals surface area contributed by atoms with Crippen LogP contribution >= 0.6 is 0 Å². The molecule has 29 heavy (non-hydrogen) atoms. The van der Waals surface area contributed by atoms with E-state index in [0.717, 1.165) is 0 Å². The Morgan fingerprint density at radius 3 is 2.72 bits per heavy atom. The second kappa shape index (κ2) is 7.62. The molecule has 0 bridgehead atoms. The van der Waals surface area contributed by atoms with E-state index in [1.54, 1.807) is 24.1 Å². The first-order valence-corrected chi connectivity index (χ1v) is 9.78. The fourth-order valence-electron chi connectivity index (χ4n) is 3.67. The molecule has 1 saturated carbocycles. The van der Waals surface area contributed by atoms with Crippen molar-refractivity contribution < 1.29 is 13.6 Å². The van der Waals surface area contributed by atoms with Gasteiger partial charge in [-0.25, -0.2) is 18.9 Å². The topological polar surface area (TPSA) is 91.0 Å². The number of piperidine rings is 1. The molecule has 1 saturated heterocycles. The molecule has 2 atom stereocenters. The van der Waals surface area contributed by atoms with Crippen LogP contribution in [0, 0.1) is 0 Å². The number of H-pyrrole nitrogens is 1. The Hall–Kier alpha value is -2.68. The SMILES string of the molecule is C[C@@H](C(=O)Nc1ccc(C2CC2)cn1)N1CCC(F)(F)[C@@H](c2ccc(=O)[nH]n2)C1. The zero-order chi connectivity index (χ0) is 20.6. The van der Waals surface area contributed by atoms with E-state index >= 15 is 0 Å². The van der Waals surface area contributed by atoms with Gasteiger partial charge in [0.2, 0.25) is 5.91 Å². The average molecular weight is 403 g/mol. The van der Waals surface area contributed by atoms with Crippen molar-refractivity contribution in [3.05, 3.63) is 52.1 Å². The first kappa shape index (κ1) is 19.6. The highest BCUT2D eigenvalue weighted by molar-refractivity contribution is 5.93. The van der Waals surface area contributed by atoms with Gasteiger partial charge in [-0.15, -0.1) is 0 Å². The van der Waals surface area contributed by atoms with Crippen LogP contribution in [0.5, 0.6) is 0 Å². The molecule has 4 rings (SSSR count). The van der Waals surface area contributed by atoms with Gasteiger partial charge in [0.25, 0.3) is 11.5 Å². The van der Waals surface area contributed by atoms with Crippen molar-refractivity contribution in [1.29, 1.82) is 0 Å². The first-order valence-electron chi connectivity index (χ1n) is 9.78. The van der Waals surface area contributed by atoms with Crippen molar-refractivity contribution >= 4 is 11.7 Å². The van der Waals surface area contributed by atoms with Crippen LogP contribution in [-0.4, -0.2) is 51.0 Å². The van der Waals surface area contributed by atoms with Gasteiger partial charge in [-0.2, -0.15) is 5.10 Å². The van der Waals surface area contributed by atoms with E-state index in [9.17, 15) is 18.4 Å². The fourth-order valence-corrected chi connectivity index (χ4v) is 3.67. The molecule has 0 aromatic carbocycles. The van der Waals surface area contributed by atoms with Gasteiger partial charge in [-0.3, -0.25) is 14.5 Å². The molecule has 2 aliphatic rings. The molecular weight excluding hydrogens is 380 g/mol. The van der Waals surface area contributed by atoms with E-state index in [2.05, 4.69) is 20.5 Å². The number of aromatic nitrogens is 3. The summed E-state index contributed by atoms with van der Waals surface area (Å²) in [6.07, 6.45) is 3.74. The maximum absolute atomic E-state index is 14.5. The summed E-state index contributed by atoms with van der Waals surface area (Å²) in [5.74, 6) is -3.42. The quantitative estimate of drug-likeness (QED) is 0.801. The summed E-state index contributed by atoms with van der Waals surface area (Å²) in [5, 5.41) is 8.75. The van der Waals surface area contributed by atoms with Gasteiger partial charge in [0.05, 0.1) is 17.7 Å². The number of carbonyl (C=O) groups excluding carboxylic acids is 1. The molecular formula is C20H23F2N5O2. The van der Waals surface area contributed by atoms with Crippen LogP contribution in [0.15, 0.2) is 35.3 Å². The van der Waals surface area contributed by atoms with Gasteiger partial charge in [-0.1, -0.05) is 6.07 Å². The lowest BCUT2D eigenvalue weighted by molar-refractivity contribution is -0.125. The standard InChI is InChI=1S/C20H23F2N5O2/c1-12(19(29)24-17-6-4-14(10-23-17)13-2-3-13)27-9-8-20(21,22)15(11-27)16-5-7-18(28)26-25-16/h4-7,10,12-13,15H,2-3,8-9,11H2,1H3,(H,26,28)(H,23,24,29)/t12-,15+/m0/s1. The number of amides is 1. The summed E-state index contributed by atoms with van der Waals surface area (Å²) in [6.45, 7) is 1.75. The fraction of sp³-hybridized carbons (Fsp3) is 0.500. The minimum atomic E-state index is -2.96. The van der Waals surface area contributed by atoms with E-state index in [1.807, 2.05) is 6.07 Å². The number of aromatic amines is 1. The Bertz CT molecular complexity index is 922. The molecule has 7 nitrogen and oxygen atoms in total. The lowest BCUT2D eigenvalue weighted by Crippen LogP contribution is -2.52. The van der Waals surface area contributed by atoms with Crippen LogP contribution in [0.4, 0.5) is 14.6 Å². The van der Waals surface area contributed by atoms with E-state index in [-0.39, 0.29) is 31.1 Å². The predicted octanol–water partition coefficient (Wildman–Crippen LogP) is 2.49. The molecule has 154 valence electrons. The summed E-state index contributed by atoms with van der Waals surface area (Å²) in [7, 11) is 0. The maximum atomic E-state index is 14.5. The molecule has 2 N–H and O–H groups in total. The van der Waals surface area contributed by atoms with Gasteiger partial charge < -0.3 is 5.32 Å². The minimum absolute atomic E-state index is 0.0331. The highest BCUT2D eigenvalue weighted by atomic mass is 19.3. The molecule has 2 fully saturated rings. The maximum Gasteiger partial charge on any atom is 0.264 e. The van der Waals surface area contributed by atoms with Crippen molar-refractivity contribution in [1.82, 2.24) is 20.1 Å². The number of rotatable bonds is 5. The van der Waals surface area contributed by atoms with Crippen LogP contribution in [0.3, 0.4) is 0 Å². The monoisotopic (exact) mass is 403 g/mol. The van der Waals surface area contributed by atoms with Gasteiger partial charge in [0.15, 0.2) is 0 Å². The number of carbonyl (C=O) groups is 1. The number of likely N-dealkylation sites (tertiary alicyclic amines) is 1. The number of halogens is 2. The number of anilines is 1. The Balaban J connectivity index is 1.43. The molecule has 2 aromatic rings. The summed E-state index contributed by atoms with van der Waals surface area (Å²) in [6, 6.07) is 5.63. The van der Waals surface area contributed by atoms with Gasteiger partial charge in [0.1, 0.15) is 5.82 Å². The van der Waals surface area contributed by atoms with Crippen LogP contribution in [0.25, 0.3) is 0 Å². The highest BCUT2D eigenvalue weighted by Crippen LogP contribution is 2.40. The molecule has 1 aliphatic carbocycles. The van der Waals surface area contributed by atoms with Crippen LogP contribution in [0.1, 0.15) is 49.3 Å². The average Bonchev–Trinajstić information content (AvgIpc) is 3.54. The van der Waals surface area contributed by atoms with E-state index in [1.165, 1.54) is 30.5 Å². The predicted molar refractivity (Wildman–Crippen MR) is 103 cm³/mol. The van der Waals surface area contributed by atoms with Crippen molar-refractivity contribution in [3.63, 3.8) is 0 Å². The lowest BCUT2D eigenvalue weighted by atomic mass is 9.89. The molecule has 0 spiro atoms. The molecule has 2 aromatic heterocycles. The van der Waals surface area contributed by atoms with Crippen molar-refractivity contribution in [3.8, 4) is 0 Å². The summed E-state index contributed by atoms with van der Waals surface area (Å²) in [5.41, 5.74) is 0.840. The van der Waals surface area contributed by atoms with Crippen LogP contribution < -0.4 is 10.9 Å². The Morgan fingerprint density at radius 1 is 1.31 bits per heavy atom. The smallest absolute Gasteiger partial charge is 0.264 e. The van der Waals surface area contributed by atoms with Gasteiger partial charge in [-0.05, 0) is 43.4 Å². The third-order valence-corrected chi connectivity index (χ3v) is 5.73. The van der Waals surface area contributed by atoms with Gasteiger partial charge >= 0.3 is 0 Å². The molecule has 1 aliphatic heterocycles. The molecule has 9 heteroatoms. The Kier molecular flexibility index (Phi) is 5.16. The summed E-state index contributed by atoms with van der Waals surface area (Å²) >= 11 is 0. The third kappa shape index (κ3) is 4.34. The molecule has 1 amide bonds. The molecule has 0 radical (unpaired) electrons. The first-order chi connectivity index (χ1) is 13.8. The highest BCUT2D eigenvalue weighted by Gasteiger charge is 2.47. The number of hydrogen-bond acceptors (Lipinski definition) is 5. The number of nitrogens with one attached hydrogen (secondary N) is 2. The number of alkyl halides is 2. The Labute approximate surface area is 166 Å².